The summed E-state index contributed by atoms with van der Waals surface area (Å²) < 4.78 is 11.3. The van der Waals surface area contributed by atoms with Crippen molar-refractivity contribution in [2.45, 2.75) is 13.2 Å². The van der Waals surface area contributed by atoms with Gasteiger partial charge in [-0.05, 0) is 23.8 Å². The Morgan fingerprint density at radius 2 is 1.57 bits per heavy atom. The molecule has 0 bridgehead atoms. The molecule has 3 aromatic rings. The van der Waals surface area contributed by atoms with Crippen LogP contribution < -0.4 is 4.74 Å². The molecule has 0 spiro atoms. The molecule has 0 N–H and O–H groups in total. The van der Waals surface area contributed by atoms with Crippen LogP contribution in [0, 0.1) is 0 Å². The Morgan fingerprint density at radius 1 is 0.893 bits per heavy atom. The molecule has 2 heterocycles. The van der Waals surface area contributed by atoms with Crippen LogP contribution in [0.25, 0.3) is 0 Å². The van der Waals surface area contributed by atoms with Crippen LogP contribution in [0.4, 0.5) is 0 Å². The minimum atomic E-state index is -0.0592. The highest BCUT2D eigenvalue weighted by Crippen LogP contribution is 2.18. The normalized spacial score (nSPS) is 14.8. The second-order valence-electron chi connectivity index (χ2n) is 6.93. The van der Waals surface area contributed by atoms with Crippen molar-refractivity contribution in [1.29, 1.82) is 0 Å². The van der Waals surface area contributed by atoms with Gasteiger partial charge in [0.25, 0.3) is 5.91 Å². The van der Waals surface area contributed by atoms with Crippen molar-refractivity contribution in [2.75, 3.05) is 26.2 Å². The average molecular weight is 376 g/mol. The molecular formula is C23H24N2O3. The van der Waals surface area contributed by atoms with Gasteiger partial charge >= 0.3 is 0 Å². The zero-order chi connectivity index (χ0) is 19.2. The third-order valence-corrected chi connectivity index (χ3v) is 4.99. The van der Waals surface area contributed by atoms with Crippen LogP contribution >= 0.6 is 0 Å². The van der Waals surface area contributed by atoms with Crippen LogP contribution in [0.5, 0.6) is 5.75 Å². The molecule has 0 radical (unpaired) electrons. The van der Waals surface area contributed by atoms with Gasteiger partial charge in [0.05, 0.1) is 6.26 Å². The molecular weight excluding hydrogens is 352 g/mol. The first-order chi connectivity index (χ1) is 13.8. The van der Waals surface area contributed by atoms with E-state index in [1.807, 2.05) is 47.4 Å². The fraction of sp³-hybridized carbons (Fsp3) is 0.261. The first kappa shape index (κ1) is 18.3. The van der Waals surface area contributed by atoms with Gasteiger partial charge in [-0.15, -0.1) is 0 Å². The molecule has 0 aliphatic carbocycles. The number of amides is 1. The van der Waals surface area contributed by atoms with Crippen LogP contribution in [0.15, 0.2) is 77.4 Å². The Hall–Kier alpha value is -3.05. The van der Waals surface area contributed by atoms with Gasteiger partial charge in [-0.3, -0.25) is 9.69 Å². The van der Waals surface area contributed by atoms with E-state index in [2.05, 4.69) is 29.2 Å². The standard InChI is InChI=1S/C23H24N2O3/c26-23(22-20(11-16-27-22)18-28-21-9-5-2-6-10-21)25-14-12-24(13-15-25)17-19-7-3-1-4-8-19/h1-11,16H,12-15,17-18H2. The Balaban J connectivity index is 1.32. The van der Waals surface area contributed by atoms with Crippen LogP contribution in [0.3, 0.4) is 0 Å². The second kappa shape index (κ2) is 8.76. The van der Waals surface area contributed by atoms with Crippen LogP contribution in [0.1, 0.15) is 21.7 Å². The molecule has 2 aromatic carbocycles. The Morgan fingerprint density at radius 3 is 2.29 bits per heavy atom. The molecule has 144 valence electrons. The number of para-hydroxylation sites is 1. The number of carbonyl (C=O) groups excluding carboxylic acids is 1. The van der Waals surface area contributed by atoms with Gasteiger partial charge in [0.1, 0.15) is 12.4 Å². The summed E-state index contributed by atoms with van der Waals surface area (Å²) >= 11 is 0. The Labute approximate surface area is 165 Å². The maximum absolute atomic E-state index is 12.9. The molecule has 1 aliphatic heterocycles. The minimum Gasteiger partial charge on any atom is -0.489 e. The van der Waals surface area contributed by atoms with Crippen molar-refractivity contribution >= 4 is 5.91 Å². The predicted molar refractivity (Wildman–Crippen MR) is 107 cm³/mol. The minimum absolute atomic E-state index is 0.0592. The van der Waals surface area contributed by atoms with Gasteiger partial charge in [-0.25, -0.2) is 0 Å². The Kier molecular flexibility index (Phi) is 5.73. The highest BCUT2D eigenvalue weighted by atomic mass is 16.5. The number of nitrogens with zero attached hydrogens (tertiary/aromatic N) is 2. The van der Waals surface area contributed by atoms with E-state index in [1.54, 1.807) is 6.26 Å². The molecule has 1 saturated heterocycles. The van der Waals surface area contributed by atoms with Gasteiger partial charge in [-0.2, -0.15) is 0 Å². The summed E-state index contributed by atoms with van der Waals surface area (Å²) in [6.45, 7) is 4.35. The zero-order valence-electron chi connectivity index (χ0n) is 15.8. The zero-order valence-corrected chi connectivity index (χ0v) is 15.8. The Bertz CT molecular complexity index is 884. The van der Waals surface area contributed by atoms with Crippen molar-refractivity contribution in [2.24, 2.45) is 0 Å². The largest absolute Gasteiger partial charge is 0.489 e. The lowest BCUT2D eigenvalue weighted by atomic mass is 10.2. The van der Waals surface area contributed by atoms with Crippen molar-refractivity contribution in [3.63, 3.8) is 0 Å². The van der Waals surface area contributed by atoms with Gasteiger partial charge in [0, 0.05) is 38.3 Å². The first-order valence-electron chi connectivity index (χ1n) is 9.59. The summed E-state index contributed by atoms with van der Waals surface area (Å²) in [5, 5.41) is 0. The number of hydrogen-bond acceptors (Lipinski definition) is 4. The van der Waals surface area contributed by atoms with Crippen molar-refractivity contribution in [3.8, 4) is 5.75 Å². The molecule has 1 amide bonds. The smallest absolute Gasteiger partial charge is 0.290 e. The lowest BCUT2D eigenvalue weighted by Gasteiger charge is -2.34. The number of hydrogen-bond donors (Lipinski definition) is 0. The predicted octanol–water partition coefficient (Wildman–Crippen LogP) is 3.82. The van der Waals surface area contributed by atoms with E-state index < -0.39 is 0 Å². The van der Waals surface area contributed by atoms with Crippen LogP contribution in [0.2, 0.25) is 0 Å². The molecule has 1 aliphatic rings. The first-order valence-corrected chi connectivity index (χ1v) is 9.59. The summed E-state index contributed by atoms with van der Waals surface area (Å²) in [5.74, 6) is 1.10. The molecule has 5 nitrogen and oxygen atoms in total. The molecule has 28 heavy (non-hydrogen) atoms. The molecule has 4 rings (SSSR count). The maximum atomic E-state index is 12.9. The number of piperazine rings is 1. The summed E-state index contributed by atoms with van der Waals surface area (Å²) in [7, 11) is 0. The quantitative estimate of drug-likeness (QED) is 0.656. The molecule has 0 unspecified atom stereocenters. The second-order valence-corrected chi connectivity index (χ2v) is 6.93. The van der Waals surface area contributed by atoms with E-state index in [0.717, 1.165) is 30.9 Å². The summed E-state index contributed by atoms with van der Waals surface area (Å²) in [6, 6.07) is 21.8. The molecule has 0 atom stereocenters. The summed E-state index contributed by atoms with van der Waals surface area (Å²) in [5.41, 5.74) is 2.08. The number of rotatable bonds is 6. The highest BCUT2D eigenvalue weighted by Gasteiger charge is 2.26. The third kappa shape index (κ3) is 4.43. The van der Waals surface area contributed by atoms with Crippen molar-refractivity contribution in [1.82, 2.24) is 9.80 Å². The van der Waals surface area contributed by atoms with E-state index in [0.29, 0.717) is 25.5 Å². The summed E-state index contributed by atoms with van der Waals surface area (Å²) in [6.07, 6.45) is 1.56. The lowest BCUT2D eigenvalue weighted by molar-refractivity contribution is 0.0594. The monoisotopic (exact) mass is 376 g/mol. The lowest BCUT2D eigenvalue weighted by Crippen LogP contribution is -2.48. The van der Waals surface area contributed by atoms with Crippen molar-refractivity contribution in [3.05, 3.63) is 89.9 Å². The van der Waals surface area contributed by atoms with E-state index in [4.69, 9.17) is 9.15 Å². The fourth-order valence-electron chi connectivity index (χ4n) is 3.41. The molecule has 0 saturated carbocycles. The van der Waals surface area contributed by atoms with Crippen molar-refractivity contribution < 1.29 is 13.9 Å². The number of ether oxygens (including phenoxy) is 1. The van der Waals surface area contributed by atoms with Crippen LogP contribution in [-0.2, 0) is 13.2 Å². The number of carbonyl (C=O) groups is 1. The molecule has 1 aromatic heterocycles. The van der Waals surface area contributed by atoms with E-state index in [1.165, 1.54) is 5.56 Å². The number of furan rings is 1. The average Bonchev–Trinajstić information content (AvgIpc) is 3.22. The molecule has 5 heteroatoms. The third-order valence-electron chi connectivity index (χ3n) is 4.99. The van der Waals surface area contributed by atoms with Gasteiger partial charge in [0.15, 0.2) is 5.76 Å². The molecule has 1 fully saturated rings. The topological polar surface area (TPSA) is 45.9 Å². The van der Waals surface area contributed by atoms with E-state index in [9.17, 15) is 4.79 Å². The number of benzene rings is 2. The van der Waals surface area contributed by atoms with Gasteiger partial charge < -0.3 is 14.1 Å². The fourth-order valence-corrected chi connectivity index (χ4v) is 3.41. The van der Waals surface area contributed by atoms with E-state index >= 15 is 0 Å². The van der Waals surface area contributed by atoms with Gasteiger partial charge in [0.2, 0.25) is 0 Å². The highest BCUT2D eigenvalue weighted by molar-refractivity contribution is 5.93. The van der Waals surface area contributed by atoms with Crippen LogP contribution in [-0.4, -0.2) is 41.9 Å². The maximum Gasteiger partial charge on any atom is 0.290 e. The summed E-state index contributed by atoms with van der Waals surface area (Å²) in [4.78, 5) is 17.2. The van der Waals surface area contributed by atoms with E-state index in [-0.39, 0.29) is 5.91 Å². The van der Waals surface area contributed by atoms with Gasteiger partial charge in [-0.1, -0.05) is 48.5 Å². The SMILES string of the molecule is O=C(c1occc1COc1ccccc1)N1CCN(Cc2ccccc2)CC1.